The maximum atomic E-state index is 4.65. The first kappa shape index (κ1) is 16.0. The summed E-state index contributed by atoms with van der Waals surface area (Å²) in [6, 6.07) is 2.74. The number of hydrogen-bond acceptors (Lipinski definition) is 3. The highest BCUT2D eigenvalue weighted by Gasteiger charge is 2.12. The average Bonchev–Trinajstić information content (AvgIpc) is 2.31. The smallest absolute Gasteiger partial charge is 0.131 e. The van der Waals surface area contributed by atoms with E-state index in [1.807, 2.05) is 6.20 Å². The monoisotopic (exact) mass is 263 g/mol. The fourth-order valence-electron chi connectivity index (χ4n) is 2.29. The van der Waals surface area contributed by atoms with Crippen molar-refractivity contribution in [2.24, 2.45) is 5.92 Å². The lowest BCUT2D eigenvalue weighted by Gasteiger charge is -2.28. The van der Waals surface area contributed by atoms with Gasteiger partial charge in [-0.25, -0.2) is 4.98 Å². The van der Waals surface area contributed by atoms with Crippen LogP contribution >= 0.6 is 0 Å². The van der Waals surface area contributed by atoms with E-state index < -0.39 is 0 Å². The van der Waals surface area contributed by atoms with E-state index in [0.29, 0.717) is 12.0 Å². The highest BCUT2D eigenvalue weighted by atomic mass is 15.2. The Morgan fingerprint density at radius 1 is 1.26 bits per heavy atom. The number of pyridine rings is 1. The average molecular weight is 263 g/mol. The minimum absolute atomic E-state index is 0.487. The number of nitrogens with one attached hydrogen (secondary N) is 1. The van der Waals surface area contributed by atoms with Gasteiger partial charge in [0, 0.05) is 25.3 Å². The van der Waals surface area contributed by atoms with Crippen molar-refractivity contribution in [2.45, 2.75) is 54.1 Å². The van der Waals surface area contributed by atoms with E-state index in [1.165, 1.54) is 11.1 Å². The Morgan fingerprint density at radius 3 is 2.42 bits per heavy atom. The van der Waals surface area contributed by atoms with Crippen LogP contribution in [0.4, 0.5) is 5.82 Å². The molecule has 0 aliphatic carbocycles. The second-order valence-electron chi connectivity index (χ2n) is 5.89. The van der Waals surface area contributed by atoms with Crippen LogP contribution in [0.25, 0.3) is 0 Å². The number of rotatable bonds is 7. The second kappa shape index (κ2) is 7.49. The molecule has 0 fully saturated rings. The molecule has 1 aromatic heterocycles. The molecule has 0 bridgehead atoms. The third kappa shape index (κ3) is 4.83. The largest absolute Gasteiger partial charge is 0.354 e. The van der Waals surface area contributed by atoms with Gasteiger partial charge < -0.3 is 10.2 Å². The Morgan fingerprint density at radius 2 is 1.95 bits per heavy atom. The number of nitrogens with zero attached hydrogens (tertiary/aromatic N) is 2. The summed E-state index contributed by atoms with van der Waals surface area (Å²) in [5.41, 5.74) is 2.53. The first-order valence-corrected chi connectivity index (χ1v) is 7.38. The normalized spacial score (nSPS) is 11.4. The number of aromatic nitrogens is 1. The predicted molar refractivity (Wildman–Crippen MR) is 83.7 cm³/mol. The highest BCUT2D eigenvalue weighted by Crippen LogP contribution is 2.19. The molecule has 0 amide bonds. The van der Waals surface area contributed by atoms with Crippen molar-refractivity contribution in [2.75, 3.05) is 18.0 Å². The summed E-state index contributed by atoms with van der Waals surface area (Å²) in [7, 11) is 0. The van der Waals surface area contributed by atoms with Gasteiger partial charge >= 0.3 is 0 Å². The fourth-order valence-corrected chi connectivity index (χ4v) is 2.29. The number of aryl methyl sites for hydroxylation is 1. The molecule has 1 N–H and O–H groups in total. The van der Waals surface area contributed by atoms with Crippen molar-refractivity contribution in [1.29, 1.82) is 0 Å². The van der Waals surface area contributed by atoms with Gasteiger partial charge in [0.2, 0.25) is 0 Å². The Labute approximate surface area is 118 Å². The van der Waals surface area contributed by atoms with E-state index in [4.69, 9.17) is 0 Å². The molecule has 0 aliphatic heterocycles. The van der Waals surface area contributed by atoms with Crippen LogP contribution in [-0.2, 0) is 6.54 Å². The first-order chi connectivity index (χ1) is 8.95. The Kier molecular flexibility index (Phi) is 6.29. The maximum absolute atomic E-state index is 4.65. The highest BCUT2D eigenvalue weighted by molar-refractivity contribution is 5.48. The topological polar surface area (TPSA) is 28.2 Å². The molecule has 108 valence electrons. The summed E-state index contributed by atoms with van der Waals surface area (Å²) in [4.78, 5) is 6.99. The Balaban J connectivity index is 2.74. The van der Waals surface area contributed by atoms with Crippen LogP contribution in [0.2, 0.25) is 0 Å². The molecule has 0 aromatic carbocycles. The quantitative estimate of drug-likeness (QED) is 0.817. The summed E-state index contributed by atoms with van der Waals surface area (Å²) in [6.45, 7) is 16.1. The minimum Gasteiger partial charge on any atom is -0.354 e. The third-order valence-electron chi connectivity index (χ3n) is 3.23. The van der Waals surface area contributed by atoms with Gasteiger partial charge in [-0.3, -0.25) is 0 Å². The number of anilines is 1. The maximum Gasteiger partial charge on any atom is 0.131 e. The number of hydrogen-bond donors (Lipinski definition) is 1. The molecule has 0 saturated carbocycles. The van der Waals surface area contributed by atoms with Crippen LogP contribution in [-0.4, -0.2) is 24.1 Å². The molecule has 3 heteroatoms. The molecule has 0 unspecified atom stereocenters. The van der Waals surface area contributed by atoms with Gasteiger partial charge in [0.25, 0.3) is 0 Å². The van der Waals surface area contributed by atoms with E-state index in [0.717, 1.165) is 25.5 Å². The Bertz CT molecular complexity index is 386. The van der Waals surface area contributed by atoms with Crippen molar-refractivity contribution in [3.05, 3.63) is 23.4 Å². The van der Waals surface area contributed by atoms with Crippen LogP contribution in [0, 0.1) is 12.8 Å². The molecular weight excluding hydrogens is 234 g/mol. The van der Waals surface area contributed by atoms with Gasteiger partial charge in [-0.2, -0.15) is 0 Å². The van der Waals surface area contributed by atoms with Gasteiger partial charge in [0.15, 0.2) is 0 Å². The zero-order valence-corrected chi connectivity index (χ0v) is 13.3. The first-order valence-electron chi connectivity index (χ1n) is 7.38. The van der Waals surface area contributed by atoms with Gasteiger partial charge in [-0.1, -0.05) is 13.8 Å². The molecule has 0 radical (unpaired) electrons. The van der Waals surface area contributed by atoms with Gasteiger partial charge in [-0.15, -0.1) is 0 Å². The van der Waals surface area contributed by atoms with Gasteiger partial charge in [0.1, 0.15) is 5.82 Å². The van der Waals surface area contributed by atoms with Gasteiger partial charge in [-0.05, 0) is 57.4 Å². The van der Waals surface area contributed by atoms with E-state index in [2.05, 4.69) is 62.8 Å². The minimum atomic E-state index is 0.487. The third-order valence-corrected chi connectivity index (χ3v) is 3.23. The van der Waals surface area contributed by atoms with E-state index in [9.17, 15) is 0 Å². The van der Waals surface area contributed by atoms with E-state index in [-0.39, 0.29) is 0 Å². The van der Waals surface area contributed by atoms with Crippen LogP contribution in [0.3, 0.4) is 0 Å². The zero-order valence-electron chi connectivity index (χ0n) is 13.3. The SMILES string of the molecule is CCN(c1ncc(CNCC(C)C)cc1C)C(C)C. The molecular formula is C16H29N3. The summed E-state index contributed by atoms with van der Waals surface area (Å²) in [6.07, 6.45) is 2.00. The van der Waals surface area contributed by atoms with Crippen molar-refractivity contribution in [3.63, 3.8) is 0 Å². The summed E-state index contributed by atoms with van der Waals surface area (Å²) in [5.74, 6) is 1.80. The molecule has 0 saturated heterocycles. The zero-order chi connectivity index (χ0) is 14.4. The van der Waals surface area contributed by atoms with Crippen LogP contribution in [0.5, 0.6) is 0 Å². The molecule has 3 nitrogen and oxygen atoms in total. The van der Waals surface area contributed by atoms with Crippen molar-refractivity contribution in [1.82, 2.24) is 10.3 Å². The van der Waals surface area contributed by atoms with Crippen LogP contribution in [0.1, 0.15) is 45.7 Å². The van der Waals surface area contributed by atoms with Gasteiger partial charge in [0.05, 0.1) is 0 Å². The van der Waals surface area contributed by atoms with Crippen molar-refractivity contribution >= 4 is 5.82 Å². The lowest BCUT2D eigenvalue weighted by atomic mass is 10.1. The van der Waals surface area contributed by atoms with Crippen molar-refractivity contribution in [3.8, 4) is 0 Å². The molecule has 0 aliphatic rings. The van der Waals surface area contributed by atoms with Crippen LogP contribution < -0.4 is 10.2 Å². The van der Waals surface area contributed by atoms with E-state index >= 15 is 0 Å². The summed E-state index contributed by atoms with van der Waals surface area (Å²) in [5, 5.41) is 3.46. The second-order valence-corrected chi connectivity index (χ2v) is 5.89. The predicted octanol–water partition coefficient (Wildman–Crippen LogP) is 3.37. The molecule has 19 heavy (non-hydrogen) atoms. The molecule has 1 aromatic rings. The standard InChI is InChI=1S/C16H29N3/c1-7-19(13(4)5)16-14(6)8-15(11-18-16)10-17-9-12(2)3/h8,11-13,17H,7,9-10H2,1-6H3. The summed E-state index contributed by atoms with van der Waals surface area (Å²) < 4.78 is 0. The van der Waals surface area contributed by atoms with Crippen LogP contribution in [0.15, 0.2) is 12.3 Å². The lowest BCUT2D eigenvalue weighted by molar-refractivity contribution is 0.551. The lowest BCUT2D eigenvalue weighted by Crippen LogP contribution is -2.31. The molecule has 1 rings (SSSR count). The Hall–Kier alpha value is -1.09. The fraction of sp³-hybridized carbons (Fsp3) is 0.688. The molecule has 0 atom stereocenters. The molecule has 1 heterocycles. The summed E-state index contributed by atoms with van der Waals surface area (Å²) >= 11 is 0. The van der Waals surface area contributed by atoms with E-state index in [1.54, 1.807) is 0 Å². The molecule has 0 spiro atoms. The van der Waals surface area contributed by atoms with Crippen molar-refractivity contribution < 1.29 is 0 Å².